The molecule has 1 heterocycles. The van der Waals surface area contributed by atoms with E-state index in [1.807, 2.05) is 0 Å². The molecule has 2 aliphatic carbocycles. The molecule has 1 saturated heterocycles. The molecule has 0 amide bonds. The first-order chi connectivity index (χ1) is 5.93. The number of hydrogen-bond acceptors (Lipinski definition) is 1. The lowest BCUT2D eigenvalue weighted by Crippen LogP contribution is -2.22. The minimum absolute atomic E-state index is 0.964. The smallest absolute Gasteiger partial charge is 0.0175 e. The third kappa shape index (κ3) is 0.917. The highest BCUT2D eigenvalue weighted by molar-refractivity contribution is 5.19. The molecule has 0 aromatic rings. The summed E-state index contributed by atoms with van der Waals surface area (Å²) in [4.78, 5) is 2.64. The molecule has 2 bridgehead atoms. The van der Waals surface area contributed by atoms with Crippen molar-refractivity contribution < 1.29 is 0 Å². The summed E-state index contributed by atoms with van der Waals surface area (Å²) in [5, 5.41) is 0. The van der Waals surface area contributed by atoms with Gasteiger partial charge in [0, 0.05) is 18.8 Å². The van der Waals surface area contributed by atoms with Crippen LogP contribution < -0.4 is 0 Å². The second-order valence-corrected chi connectivity index (χ2v) is 4.56. The minimum atomic E-state index is 0.964. The SMILES string of the molecule is C1=C(N2CCCC2)C2CCC1C2. The Morgan fingerprint density at radius 1 is 1.17 bits per heavy atom. The van der Waals surface area contributed by atoms with E-state index in [1.165, 1.54) is 45.2 Å². The largest absolute Gasteiger partial charge is 0.375 e. The van der Waals surface area contributed by atoms with Crippen molar-refractivity contribution in [2.45, 2.75) is 32.1 Å². The summed E-state index contributed by atoms with van der Waals surface area (Å²) in [6.07, 6.45) is 9.85. The quantitative estimate of drug-likeness (QED) is 0.573. The highest BCUT2D eigenvalue weighted by Crippen LogP contribution is 2.45. The molecule has 0 N–H and O–H groups in total. The van der Waals surface area contributed by atoms with Crippen LogP contribution in [0.5, 0.6) is 0 Å². The van der Waals surface area contributed by atoms with Crippen molar-refractivity contribution in [3.8, 4) is 0 Å². The molecule has 2 atom stereocenters. The van der Waals surface area contributed by atoms with Gasteiger partial charge < -0.3 is 4.90 Å². The van der Waals surface area contributed by atoms with E-state index in [0.717, 1.165) is 11.8 Å². The van der Waals surface area contributed by atoms with Gasteiger partial charge in [-0.15, -0.1) is 0 Å². The molecular weight excluding hydrogens is 146 g/mol. The molecule has 0 radical (unpaired) electrons. The molecule has 3 aliphatic rings. The highest BCUT2D eigenvalue weighted by atomic mass is 15.2. The van der Waals surface area contributed by atoms with Crippen LogP contribution in [0.2, 0.25) is 0 Å². The third-order valence-electron chi connectivity index (χ3n) is 3.77. The first kappa shape index (κ1) is 6.99. The van der Waals surface area contributed by atoms with Crippen molar-refractivity contribution >= 4 is 0 Å². The van der Waals surface area contributed by atoms with E-state index in [-0.39, 0.29) is 0 Å². The van der Waals surface area contributed by atoms with Gasteiger partial charge >= 0.3 is 0 Å². The van der Waals surface area contributed by atoms with Crippen LogP contribution in [0.4, 0.5) is 0 Å². The van der Waals surface area contributed by atoms with Crippen molar-refractivity contribution in [3.63, 3.8) is 0 Å². The summed E-state index contributed by atoms with van der Waals surface area (Å²) in [6.45, 7) is 2.68. The first-order valence-electron chi connectivity index (χ1n) is 5.40. The standard InChI is InChI=1S/C11H17N/c1-2-6-12(5-1)11-8-9-3-4-10(11)7-9/h8-10H,1-7H2. The molecule has 2 fully saturated rings. The number of hydrogen-bond donors (Lipinski definition) is 0. The van der Waals surface area contributed by atoms with Gasteiger partial charge in [-0.25, -0.2) is 0 Å². The van der Waals surface area contributed by atoms with Crippen LogP contribution in [0.25, 0.3) is 0 Å². The van der Waals surface area contributed by atoms with E-state index >= 15 is 0 Å². The number of likely N-dealkylation sites (tertiary alicyclic amines) is 1. The van der Waals surface area contributed by atoms with Gasteiger partial charge in [0.2, 0.25) is 0 Å². The monoisotopic (exact) mass is 163 g/mol. The van der Waals surface area contributed by atoms with Crippen molar-refractivity contribution in [2.75, 3.05) is 13.1 Å². The van der Waals surface area contributed by atoms with Crippen molar-refractivity contribution in [3.05, 3.63) is 11.8 Å². The highest BCUT2D eigenvalue weighted by Gasteiger charge is 2.35. The van der Waals surface area contributed by atoms with Gasteiger partial charge in [-0.2, -0.15) is 0 Å². The van der Waals surface area contributed by atoms with Crippen LogP contribution >= 0.6 is 0 Å². The summed E-state index contributed by atoms with van der Waals surface area (Å²) in [6, 6.07) is 0. The van der Waals surface area contributed by atoms with E-state index in [9.17, 15) is 0 Å². The molecule has 1 heteroatoms. The number of nitrogens with zero attached hydrogens (tertiary/aromatic N) is 1. The molecular formula is C11H17N. The number of rotatable bonds is 1. The zero-order valence-electron chi connectivity index (χ0n) is 7.63. The molecule has 1 aliphatic heterocycles. The Kier molecular flexibility index (Phi) is 1.46. The topological polar surface area (TPSA) is 3.24 Å². The van der Waals surface area contributed by atoms with Crippen LogP contribution in [-0.4, -0.2) is 18.0 Å². The maximum Gasteiger partial charge on any atom is 0.0175 e. The Morgan fingerprint density at radius 3 is 2.58 bits per heavy atom. The van der Waals surface area contributed by atoms with Gasteiger partial charge in [-0.1, -0.05) is 6.08 Å². The third-order valence-corrected chi connectivity index (χ3v) is 3.77. The average molecular weight is 163 g/mol. The Balaban J connectivity index is 1.80. The maximum atomic E-state index is 2.64. The normalized spacial score (nSPS) is 39.3. The lowest BCUT2D eigenvalue weighted by Gasteiger charge is -2.25. The van der Waals surface area contributed by atoms with E-state index in [1.54, 1.807) is 5.70 Å². The van der Waals surface area contributed by atoms with Crippen LogP contribution in [0, 0.1) is 11.8 Å². The molecule has 1 nitrogen and oxygen atoms in total. The maximum absolute atomic E-state index is 2.64. The molecule has 3 rings (SSSR count). The molecule has 0 aromatic heterocycles. The summed E-state index contributed by atoms with van der Waals surface area (Å²) in [5.41, 5.74) is 1.73. The fourth-order valence-corrected chi connectivity index (χ4v) is 3.15. The van der Waals surface area contributed by atoms with Crippen molar-refractivity contribution in [2.24, 2.45) is 11.8 Å². The Bertz CT molecular complexity index is 213. The van der Waals surface area contributed by atoms with Crippen molar-refractivity contribution in [1.82, 2.24) is 4.90 Å². The van der Waals surface area contributed by atoms with Gasteiger partial charge in [0.05, 0.1) is 0 Å². The predicted octanol–water partition coefficient (Wildman–Crippen LogP) is 2.40. The van der Waals surface area contributed by atoms with Crippen LogP contribution in [-0.2, 0) is 0 Å². The predicted molar refractivity (Wildman–Crippen MR) is 49.7 cm³/mol. The lowest BCUT2D eigenvalue weighted by atomic mass is 10.0. The Morgan fingerprint density at radius 2 is 2.00 bits per heavy atom. The molecule has 12 heavy (non-hydrogen) atoms. The Hall–Kier alpha value is -0.460. The second-order valence-electron chi connectivity index (χ2n) is 4.56. The van der Waals surface area contributed by atoms with Gasteiger partial charge in [0.1, 0.15) is 0 Å². The lowest BCUT2D eigenvalue weighted by molar-refractivity contribution is 0.368. The molecule has 66 valence electrons. The van der Waals surface area contributed by atoms with Crippen LogP contribution in [0.1, 0.15) is 32.1 Å². The van der Waals surface area contributed by atoms with Crippen LogP contribution in [0.3, 0.4) is 0 Å². The first-order valence-corrected chi connectivity index (χ1v) is 5.40. The molecule has 0 aromatic carbocycles. The summed E-state index contributed by atoms with van der Waals surface area (Å²) in [5.74, 6) is 1.93. The molecule has 2 unspecified atom stereocenters. The van der Waals surface area contributed by atoms with Crippen molar-refractivity contribution in [1.29, 1.82) is 0 Å². The Labute approximate surface area is 74.4 Å². The zero-order valence-corrected chi connectivity index (χ0v) is 7.63. The van der Waals surface area contributed by atoms with Gasteiger partial charge in [-0.05, 0) is 43.9 Å². The number of allylic oxidation sites excluding steroid dienone is 2. The van der Waals surface area contributed by atoms with Gasteiger partial charge in [0.25, 0.3) is 0 Å². The summed E-state index contributed by atoms with van der Waals surface area (Å²) < 4.78 is 0. The molecule has 1 saturated carbocycles. The van der Waals surface area contributed by atoms with Gasteiger partial charge in [0.15, 0.2) is 0 Å². The van der Waals surface area contributed by atoms with Crippen LogP contribution in [0.15, 0.2) is 11.8 Å². The fraction of sp³-hybridized carbons (Fsp3) is 0.818. The summed E-state index contributed by atoms with van der Waals surface area (Å²) >= 11 is 0. The van der Waals surface area contributed by atoms with Gasteiger partial charge in [-0.3, -0.25) is 0 Å². The number of fused-ring (bicyclic) bond motifs is 2. The second kappa shape index (κ2) is 2.51. The van der Waals surface area contributed by atoms with E-state index in [2.05, 4.69) is 11.0 Å². The van der Waals surface area contributed by atoms with E-state index in [0.29, 0.717) is 0 Å². The zero-order chi connectivity index (χ0) is 7.97. The molecule has 0 spiro atoms. The minimum Gasteiger partial charge on any atom is -0.375 e. The average Bonchev–Trinajstić information content (AvgIpc) is 2.81. The summed E-state index contributed by atoms with van der Waals surface area (Å²) in [7, 11) is 0. The van der Waals surface area contributed by atoms with E-state index in [4.69, 9.17) is 0 Å². The fourth-order valence-electron chi connectivity index (χ4n) is 3.15. The van der Waals surface area contributed by atoms with E-state index < -0.39 is 0 Å².